The van der Waals surface area contributed by atoms with Crippen molar-refractivity contribution in [3.8, 4) is 0 Å². The number of aromatic nitrogens is 3. The van der Waals surface area contributed by atoms with Crippen LogP contribution in [0.2, 0.25) is 0 Å². The van der Waals surface area contributed by atoms with Gasteiger partial charge in [0.25, 0.3) is 5.91 Å². The van der Waals surface area contributed by atoms with Crippen molar-refractivity contribution in [1.82, 2.24) is 20.1 Å². The Balaban J connectivity index is 2.13. The summed E-state index contributed by atoms with van der Waals surface area (Å²) < 4.78 is 1.80. The van der Waals surface area contributed by atoms with E-state index in [2.05, 4.69) is 20.8 Å². The van der Waals surface area contributed by atoms with Crippen molar-refractivity contribution in [1.29, 1.82) is 0 Å². The Labute approximate surface area is 117 Å². The second-order valence-corrected chi connectivity index (χ2v) is 4.52. The average Bonchev–Trinajstić information content (AvgIpc) is 2.70. The fourth-order valence-corrected chi connectivity index (χ4v) is 2.04. The molecule has 0 radical (unpaired) electrons. The number of nitrogens with two attached hydrogens (primary N) is 1. The van der Waals surface area contributed by atoms with Gasteiger partial charge in [-0.15, -0.1) is 0 Å². The van der Waals surface area contributed by atoms with Gasteiger partial charge < -0.3 is 10.7 Å². The van der Waals surface area contributed by atoms with E-state index in [0.29, 0.717) is 17.8 Å². The molecule has 0 saturated heterocycles. The van der Waals surface area contributed by atoms with Crippen LogP contribution in [0.5, 0.6) is 0 Å². The highest BCUT2D eigenvalue weighted by Gasteiger charge is 2.14. The third-order valence-corrected chi connectivity index (χ3v) is 3.31. The number of nitrogens with one attached hydrogen (secondary N) is 2. The lowest BCUT2D eigenvalue weighted by Gasteiger charge is -2.09. The van der Waals surface area contributed by atoms with Crippen molar-refractivity contribution >= 4 is 11.6 Å². The van der Waals surface area contributed by atoms with Crippen LogP contribution in [0.4, 0.5) is 5.69 Å². The molecule has 7 heteroatoms. The highest BCUT2D eigenvalue weighted by Crippen LogP contribution is 2.14. The molecular weight excluding hydrogens is 256 g/mol. The Kier molecular flexibility index (Phi) is 3.99. The summed E-state index contributed by atoms with van der Waals surface area (Å²) in [6.45, 7) is 4.31. The van der Waals surface area contributed by atoms with E-state index in [1.807, 2.05) is 20.9 Å². The molecule has 0 unspecified atom stereocenters. The van der Waals surface area contributed by atoms with Crippen molar-refractivity contribution in [2.75, 3.05) is 5.43 Å². The molecule has 0 aliphatic carbocycles. The van der Waals surface area contributed by atoms with Crippen LogP contribution >= 0.6 is 0 Å². The summed E-state index contributed by atoms with van der Waals surface area (Å²) in [6.07, 6.45) is 3.05. The molecular formula is C13H18N6O. The van der Waals surface area contributed by atoms with E-state index >= 15 is 0 Å². The van der Waals surface area contributed by atoms with Crippen LogP contribution in [0, 0.1) is 13.8 Å². The zero-order valence-corrected chi connectivity index (χ0v) is 11.8. The summed E-state index contributed by atoms with van der Waals surface area (Å²) in [4.78, 5) is 16.1. The third kappa shape index (κ3) is 2.62. The topological polar surface area (TPSA) is 97.9 Å². The lowest BCUT2D eigenvalue weighted by Crippen LogP contribution is -2.25. The number of hydrogen-bond donors (Lipinski definition) is 3. The monoisotopic (exact) mass is 274 g/mol. The number of nitrogens with zero attached hydrogens (tertiary/aromatic N) is 3. The lowest BCUT2D eigenvalue weighted by atomic mass is 10.2. The minimum atomic E-state index is -0.228. The van der Waals surface area contributed by atoms with E-state index in [1.165, 1.54) is 6.20 Å². The summed E-state index contributed by atoms with van der Waals surface area (Å²) in [6, 6.07) is 1.65. The highest BCUT2D eigenvalue weighted by atomic mass is 16.1. The van der Waals surface area contributed by atoms with Crippen molar-refractivity contribution in [2.24, 2.45) is 12.9 Å². The molecule has 4 N–H and O–H groups in total. The Morgan fingerprint density at radius 1 is 1.45 bits per heavy atom. The third-order valence-electron chi connectivity index (χ3n) is 3.31. The fraction of sp³-hybridized carbons (Fsp3) is 0.308. The number of amides is 1. The highest BCUT2D eigenvalue weighted by molar-refractivity contribution is 5.99. The van der Waals surface area contributed by atoms with Gasteiger partial charge in [-0.3, -0.25) is 20.3 Å². The first-order valence-electron chi connectivity index (χ1n) is 6.22. The predicted molar refractivity (Wildman–Crippen MR) is 75.9 cm³/mol. The van der Waals surface area contributed by atoms with Gasteiger partial charge in [-0.25, -0.2) is 0 Å². The summed E-state index contributed by atoms with van der Waals surface area (Å²) in [5, 5.41) is 7.17. The van der Waals surface area contributed by atoms with Gasteiger partial charge in [-0.2, -0.15) is 5.10 Å². The Bertz CT molecular complexity index is 634. The van der Waals surface area contributed by atoms with Gasteiger partial charge in [-0.1, -0.05) is 0 Å². The number of rotatable bonds is 4. The number of hydrazine groups is 1. The molecule has 2 heterocycles. The fourth-order valence-electron chi connectivity index (χ4n) is 2.04. The van der Waals surface area contributed by atoms with Gasteiger partial charge in [0.05, 0.1) is 16.9 Å². The van der Waals surface area contributed by atoms with Gasteiger partial charge in [0, 0.05) is 37.2 Å². The van der Waals surface area contributed by atoms with Crippen molar-refractivity contribution in [3.05, 3.63) is 41.0 Å². The molecule has 0 aromatic carbocycles. The summed E-state index contributed by atoms with van der Waals surface area (Å²) >= 11 is 0. The van der Waals surface area contributed by atoms with Crippen LogP contribution in [0.3, 0.4) is 0 Å². The van der Waals surface area contributed by atoms with Crippen LogP contribution < -0.4 is 16.6 Å². The Morgan fingerprint density at radius 2 is 2.20 bits per heavy atom. The smallest absolute Gasteiger partial charge is 0.255 e. The first-order valence-corrected chi connectivity index (χ1v) is 6.22. The zero-order valence-electron chi connectivity index (χ0n) is 11.8. The molecule has 0 bridgehead atoms. The number of carbonyl (C=O) groups is 1. The molecule has 2 aromatic rings. The van der Waals surface area contributed by atoms with Crippen LogP contribution in [-0.2, 0) is 13.6 Å². The normalized spacial score (nSPS) is 10.4. The Hall–Kier alpha value is -2.41. The second kappa shape index (κ2) is 5.70. The Morgan fingerprint density at radius 3 is 2.80 bits per heavy atom. The molecule has 2 aromatic heterocycles. The van der Waals surface area contributed by atoms with E-state index in [9.17, 15) is 4.79 Å². The van der Waals surface area contributed by atoms with Crippen LogP contribution in [0.25, 0.3) is 0 Å². The second-order valence-electron chi connectivity index (χ2n) is 4.52. The molecule has 2 rings (SSSR count). The first-order chi connectivity index (χ1) is 9.54. The van der Waals surface area contributed by atoms with Crippen LogP contribution in [-0.4, -0.2) is 20.7 Å². The van der Waals surface area contributed by atoms with E-state index in [-0.39, 0.29) is 5.91 Å². The number of anilines is 1. The van der Waals surface area contributed by atoms with Gasteiger partial charge in [0.1, 0.15) is 0 Å². The minimum absolute atomic E-state index is 0.228. The summed E-state index contributed by atoms with van der Waals surface area (Å²) in [7, 11) is 1.88. The molecule has 0 aliphatic heterocycles. The minimum Gasteiger partial charge on any atom is -0.348 e. The van der Waals surface area contributed by atoms with E-state index in [0.717, 1.165) is 17.0 Å². The van der Waals surface area contributed by atoms with Gasteiger partial charge >= 0.3 is 0 Å². The van der Waals surface area contributed by atoms with E-state index < -0.39 is 0 Å². The molecule has 0 atom stereocenters. The predicted octanol–water partition coefficient (Wildman–Crippen LogP) is 0.648. The lowest BCUT2D eigenvalue weighted by molar-refractivity contribution is 0.0951. The van der Waals surface area contributed by atoms with Crippen molar-refractivity contribution in [2.45, 2.75) is 20.4 Å². The van der Waals surface area contributed by atoms with Gasteiger partial charge in [-0.05, 0) is 19.9 Å². The summed E-state index contributed by atoms with van der Waals surface area (Å²) in [5.74, 6) is 5.15. The van der Waals surface area contributed by atoms with Crippen LogP contribution in [0.1, 0.15) is 27.3 Å². The molecule has 0 fully saturated rings. The SMILES string of the molecule is Cc1nn(C)c(C)c1CNC(=O)c1cnccc1NN. The molecule has 20 heavy (non-hydrogen) atoms. The number of nitrogen functional groups attached to an aromatic ring is 1. The van der Waals surface area contributed by atoms with Crippen molar-refractivity contribution < 1.29 is 4.79 Å². The molecule has 0 aliphatic rings. The zero-order chi connectivity index (χ0) is 14.7. The number of pyridine rings is 1. The molecule has 106 valence electrons. The number of carbonyl (C=O) groups excluding carboxylic acids is 1. The molecule has 0 saturated carbocycles. The van der Waals surface area contributed by atoms with Gasteiger partial charge in [0.15, 0.2) is 0 Å². The average molecular weight is 274 g/mol. The van der Waals surface area contributed by atoms with Gasteiger partial charge in [0.2, 0.25) is 0 Å². The first kappa shape index (κ1) is 14.0. The largest absolute Gasteiger partial charge is 0.348 e. The number of aryl methyl sites for hydroxylation is 2. The summed E-state index contributed by atoms with van der Waals surface area (Å²) in [5.41, 5.74) is 6.40. The molecule has 7 nitrogen and oxygen atoms in total. The quantitative estimate of drug-likeness (QED) is 0.561. The number of hydrogen-bond acceptors (Lipinski definition) is 5. The maximum atomic E-state index is 12.2. The van der Waals surface area contributed by atoms with E-state index in [1.54, 1.807) is 16.9 Å². The maximum absolute atomic E-state index is 12.2. The molecule has 0 spiro atoms. The van der Waals surface area contributed by atoms with Crippen LogP contribution in [0.15, 0.2) is 18.5 Å². The van der Waals surface area contributed by atoms with Crippen molar-refractivity contribution in [3.63, 3.8) is 0 Å². The standard InChI is InChI=1S/C13H18N6O/c1-8-10(9(2)19(3)18-8)7-16-13(20)11-6-15-5-4-12(11)17-14/h4-6H,7,14H2,1-3H3,(H,15,17)(H,16,20). The van der Waals surface area contributed by atoms with E-state index in [4.69, 9.17) is 5.84 Å². The maximum Gasteiger partial charge on any atom is 0.255 e. The molecule has 1 amide bonds.